The van der Waals surface area contributed by atoms with Gasteiger partial charge in [-0.1, -0.05) is 0 Å². The summed E-state index contributed by atoms with van der Waals surface area (Å²) in [5.74, 6) is -5.65. The van der Waals surface area contributed by atoms with Gasteiger partial charge in [0.2, 0.25) is 5.88 Å². The third kappa shape index (κ3) is 2.36. The average Bonchev–Trinajstić information content (AvgIpc) is 2.51. The number of ketones is 1. The number of nitriles is 1. The van der Waals surface area contributed by atoms with E-state index < -0.39 is 23.4 Å². The van der Waals surface area contributed by atoms with Crippen LogP contribution in [0.1, 0.15) is 30.7 Å². The van der Waals surface area contributed by atoms with Gasteiger partial charge in [-0.3, -0.25) is 4.79 Å². The van der Waals surface area contributed by atoms with Crippen molar-refractivity contribution in [2.45, 2.75) is 25.2 Å². The van der Waals surface area contributed by atoms with Gasteiger partial charge in [0.1, 0.15) is 17.4 Å². The molecule has 23 heavy (non-hydrogen) atoms. The Morgan fingerprint density at radius 2 is 1.87 bits per heavy atom. The fourth-order valence-corrected chi connectivity index (χ4v) is 2.93. The van der Waals surface area contributed by atoms with Crippen molar-refractivity contribution < 1.29 is 22.7 Å². The number of ether oxygens (including phenoxy) is 1. The third-order valence-electron chi connectivity index (χ3n) is 3.94. The van der Waals surface area contributed by atoms with E-state index in [0.717, 1.165) is 12.1 Å². The Bertz CT molecular complexity index is 798. The van der Waals surface area contributed by atoms with E-state index in [0.29, 0.717) is 18.6 Å². The molecule has 1 aromatic carbocycles. The number of carbonyl (C=O) groups is 1. The van der Waals surface area contributed by atoms with Crippen molar-refractivity contribution in [3.63, 3.8) is 0 Å². The van der Waals surface area contributed by atoms with E-state index in [1.807, 2.05) is 6.07 Å². The Hall–Kier alpha value is -2.75. The van der Waals surface area contributed by atoms with Gasteiger partial charge in [-0.15, -0.1) is 0 Å². The first-order chi connectivity index (χ1) is 10.9. The second kappa shape index (κ2) is 5.47. The average molecular weight is 320 g/mol. The first kappa shape index (κ1) is 15.2. The zero-order valence-corrected chi connectivity index (χ0v) is 11.8. The Labute approximate surface area is 129 Å². The number of halogens is 3. The van der Waals surface area contributed by atoms with E-state index in [1.165, 1.54) is 0 Å². The van der Waals surface area contributed by atoms with Crippen LogP contribution in [-0.2, 0) is 9.53 Å². The molecule has 1 aromatic rings. The van der Waals surface area contributed by atoms with Crippen molar-refractivity contribution in [3.8, 4) is 6.07 Å². The summed E-state index contributed by atoms with van der Waals surface area (Å²) in [7, 11) is 0. The lowest BCUT2D eigenvalue weighted by atomic mass is 9.77. The van der Waals surface area contributed by atoms with Gasteiger partial charge in [0.05, 0.1) is 5.92 Å². The molecule has 0 amide bonds. The number of allylic oxidation sites excluding steroid dienone is 3. The number of hydrogen-bond donors (Lipinski definition) is 1. The maximum absolute atomic E-state index is 13.6. The maximum atomic E-state index is 13.6. The van der Waals surface area contributed by atoms with Crippen molar-refractivity contribution in [2.75, 3.05) is 0 Å². The minimum Gasteiger partial charge on any atom is -0.444 e. The lowest BCUT2D eigenvalue weighted by molar-refractivity contribution is -0.116. The van der Waals surface area contributed by atoms with Crippen LogP contribution in [0.5, 0.6) is 0 Å². The molecular weight excluding hydrogens is 309 g/mol. The molecule has 7 heteroatoms. The van der Waals surface area contributed by atoms with Crippen LogP contribution in [0.3, 0.4) is 0 Å². The summed E-state index contributed by atoms with van der Waals surface area (Å²) in [5, 5.41) is 9.30. The van der Waals surface area contributed by atoms with E-state index in [4.69, 9.17) is 10.5 Å². The zero-order chi connectivity index (χ0) is 16.7. The molecule has 1 heterocycles. The van der Waals surface area contributed by atoms with Gasteiger partial charge in [0.15, 0.2) is 23.2 Å². The first-order valence-electron chi connectivity index (χ1n) is 6.92. The highest BCUT2D eigenvalue weighted by Crippen LogP contribution is 2.43. The smallest absolute Gasteiger partial charge is 0.205 e. The second-order valence-corrected chi connectivity index (χ2v) is 5.34. The third-order valence-corrected chi connectivity index (χ3v) is 3.94. The summed E-state index contributed by atoms with van der Waals surface area (Å²) in [4.78, 5) is 12.2. The quantitative estimate of drug-likeness (QED) is 0.807. The summed E-state index contributed by atoms with van der Waals surface area (Å²) in [6.07, 6.45) is 1.23. The molecule has 3 rings (SSSR count). The fourth-order valence-electron chi connectivity index (χ4n) is 2.93. The van der Waals surface area contributed by atoms with Gasteiger partial charge in [0, 0.05) is 18.4 Å². The van der Waals surface area contributed by atoms with Crippen molar-refractivity contribution in [1.29, 1.82) is 5.26 Å². The molecule has 0 fully saturated rings. The molecule has 1 atom stereocenters. The predicted octanol–water partition coefficient (Wildman–Crippen LogP) is 2.92. The van der Waals surface area contributed by atoms with Crippen molar-refractivity contribution >= 4 is 5.78 Å². The Morgan fingerprint density at radius 3 is 2.48 bits per heavy atom. The number of Topliss-reactive ketones (excluding diaryl/α,β-unsaturated/α-hetero) is 1. The first-order valence-corrected chi connectivity index (χ1v) is 6.92. The van der Waals surface area contributed by atoms with Gasteiger partial charge in [-0.25, -0.2) is 13.2 Å². The van der Waals surface area contributed by atoms with Gasteiger partial charge in [0.25, 0.3) is 0 Å². The molecule has 2 aliphatic rings. The molecule has 0 bridgehead atoms. The molecule has 0 spiro atoms. The lowest BCUT2D eigenvalue weighted by Crippen LogP contribution is -2.27. The molecule has 0 saturated heterocycles. The molecule has 0 radical (unpaired) electrons. The van der Waals surface area contributed by atoms with Crippen LogP contribution in [0.2, 0.25) is 0 Å². The zero-order valence-electron chi connectivity index (χ0n) is 11.8. The minimum atomic E-state index is -1.61. The summed E-state index contributed by atoms with van der Waals surface area (Å²) >= 11 is 0. The second-order valence-electron chi connectivity index (χ2n) is 5.34. The monoisotopic (exact) mass is 320 g/mol. The van der Waals surface area contributed by atoms with Crippen LogP contribution < -0.4 is 5.73 Å². The highest BCUT2D eigenvalue weighted by Gasteiger charge is 2.38. The fraction of sp³-hybridized carbons (Fsp3) is 0.250. The van der Waals surface area contributed by atoms with Crippen molar-refractivity contribution in [3.05, 3.63) is 57.9 Å². The van der Waals surface area contributed by atoms with E-state index in [9.17, 15) is 23.2 Å². The van der Waals surface area contributed by atoms with E-state index in [1.54, 1.807) is 0 Å². The van der Waals surface area contributed by atoms with Crippen molar-refractivity contribution in [1.82, 2.24) is 0 Å². The number of benzene rings is 1. The Balaban J connectivity index is 2.23. The Kier molecular flexibility index (Phi) is 3.60. The van der Waals surface area contributed by atoms with Gasteiger partial charge in [-0.2, -0.15) is 5.26 Å². The summed E-state index contributed by atoms with van der Waals surface area (Å²) < 4.78 is 45.7. The van der Waals surface area contributed by atoms with Gasteiger partial charge in [-0.05, 0) is 24.1 Å². The predicted molar refractivity (Wildman–Crippen MR) is 72.9 cm³/mol. The van der Waals surface area contributed by atoms with Crippen LogP contribution in [0.4, 0.5) is 13.2 Å². The number of rotatable bonds is 1. The lowest BCUT2D eigenvalue weighted by Gasteiger charge is -2.31. The minimum absolute atomic E-state index is 0.0491. The van der Waals surface area contributed by atoms with Gasteiger partial charge >= 0.3 is 0 Å². The van der Waals surface area contributed by atoms with Crippen LogP contribution in [0.25, 0.3) is 0 Å². The van der Waals surface area contributed by atoms with E-state index >= 15 is 0 Å². The van der Waals surface area contributed by atoms with E-state index in [-0.39, 0.29) is 34.8 Å². The summed E-state index contributed by atoms with van der Waals surface area (Å²) in [6, 6.07) is 3.35. The largest absolute Gasteiger partial charge is 0.444 e. The molecule has 2 N–H and O–H groups in total. The number of hydrogen-bond acceptors (Lipinski definition) is 4. The topological polar surface area (TPSA) is 76.1 Å². The van der Waals surface area contributed by atoms with Crippen LogP contribution in [0.15, 0.2) is 34.9 Å². The molecule has 4 nitrogen and oxygen atoms in total. The molecule has 1 aliphatic heterocycles. The highest BCUT2D eigenvalue weighted by atomic mass is 19.2. The number of carbonyl (C=O) groups excluding carboxylic acids is 1. The van der Waals surface area contributed by atoms with Gasteiger partial charge < -0.3 is 10.5 Å². The van der Waals surface area contributed by atoms with Crippen LogP contribution in [0, 0.1) is 28.8 Å². The number of nitrogens with zero attached hydrogens (tertiary/aromatic N) is 1. The number of nitrogens with two attached hydrogens (primary N) is 1. The maximum Gasteiger partial charge on any atom is 0.205 e. The summed E-state index contributed by atoms with van der Waals surface area (Å²) in [5.41, 5.74) is 5.69. The van der Waals surface area contributed by atoms with Crippen LogP contribution >= 0.6 is 0 Å². The van der Waals surface area contributed by atoms with Crippen LogP contribution in [-0.4, -0.2) is 5.78 Å². The Morgan fingerprint density at radius 1 is 1.22 bits per heavy atom. The highest BCUT2D eigenvalue weighted by molar-refractivity contribution is 5.99. The molecule has 0 aromatic heterocycles. The molecule has 1 aliphatic carbocycles. The molecular formula is C16H11F3N2O2. The van der Waals surface area contributed by atoms with Crippen molar-refractivity contribution in [2.24, 2.45) is 5.73 Å². The SMILES string of the molecule is N#CC1=C(N)OC2=C(C(=O)CCC2)C1c1cc(F)c(F)c(F)c1. The molecule has 118 valence electrons. The normalized spacial score (nSPS) is 21.0. The standard InChI is InChI=1S/C16H11F3N2O2/c17-9-4-7(5-10(18)15(9)19)13-8(6-20)16(21)23-12-3-1-2-11(22)14(12)13/h4-5,13H,1-3,21H2. The summed E-state index contributed by atoms with van der Waals surface area (Å²) in [6.45, 7) is 0. The molecule has 1 unspecified atom stereocenters. The molecule has 0 saturated carbocycles. The van der Waals surface area contributed by atoms with E-state index in [2.05, 4.69) is 0 Å².